The summed E-state index contributed by atoms with van der Waals surface area (Å²) in [5.41, 5.74) is 2.43. The van der Waals surface area contributed by atoms with Crippen molar-refractivity contribution in [1.82, 2.24) is 10.2 Å². The first-order chi connectivity index (χ1) is 16.1. The summed E-state index contributed by atoms with van der Waals surface area (Å²) in [5.74, 6) is 1.01. The molecule has 34 heavy (non-hydrogen) atoms. The number of rotatable bonds is 4. The Bertz CT molecular complexity index is 1110. The summed E-state index contributed by atoms with van der Waals surface area (Å²) in [6, 6.07) is 13.0. The van der Waals surface area contributed by atoms with Crippen LogP contribution in [0.3, 0.4) is 0 Å². The summed E-state index contributed by atoms with van der Waals surface area (Å²) in [6.07, 6.45) is 1.10. The van der Waals surface area contributed by atoms with Gasteiger partial charge in [-0.15, -0.1) is 0 Å². The molecule has 1 saturated heterocycles. The molecule has 8 nitrogen and oxygen atoms in total. The number of carbonyl (C=O) groups excluding carboxylic acids is 2. The SMILES string of the molecule is COc1ccc(NC(=O)N2CCC3(CC2)N=C(c2ccc(C(C)(C)C)cc2)C(=O)N3)c(OC)c1. The number of hydrogen-bond acceptors (Lipinski definition) is 5. The molecular formula is C26H32N4O4. The topological polar surface area (TPSA) is 92.3 Å². The lowest BCUT2D eigenvalue weighted by Crippen LogP contribution is -2.53. The molecule has 2 aliphatic rings. The minimum Gasteiger partial charge on any atom is -0.497 e. The van der Waals surface area contributed by atoms with E-state index in [1.807, 2.05) is 12.1 Å². The van der Waals surface area contributed by atoms with Crippen molar-refractivity contribution in [3.8, 4) is 11.5 Å². The standard InChI is InChI=1S/C26H32N4O4/c1-25(2,3)18-8-6-17(7-9-18)22-23(31)29-26(28-22)12-14-30(15-13-26)24(32)27-20-11-10-19(33-4)16-21(20)34-5/h6-11,16H,12-15H2,1-5H3,(H,27,32)(H,29,31). The molecule has 0 radical (unpaired) electrons. The summed E-state index contributed by atoms with van der Waals surface area (Å²) < 4.78 is 10.6. The van der Waals surface area contributed by atoms with Gasteiger partial charge in [0, 0.05) is 37.6 Å². The molecule has 1 spiro atoms. The number of urea groups is 1. The van der Waals surface area contributed by atoms with Crippen molar-refractivity contribution in [1.29, 1.82) is 0 Å². The van der Waals surface area contributed by atoms with Gasteiger partial charge in [0.15, 0.2) is 0 Å². The molecule has 0 bridgehead atoms. The number of anilines is 1. The van der Waals surface area contributed by atoms with E-state index in [9.17, 15) is 9.59 Å². The Kier molecular flexibility index (Phi) is 6.25. The molecule has 2 aromatic rings. The Morgan fingerprint density at radius 2 is 1.74 bits per heavy atom. The van der Waals surface area contributed by atoms with Crippen molar-refractivity contribution in [2.24, 2.45) is 4.99 Å². The fourth-order valence-electron chi connectivity index (χ4n) is 4.30. The van der Waals surface area contributed by atoms with Gasteiger partial charge in [-0.05, 0) is 23.1 Å². The molecule has 2 aliphatic heterocycles. The van der Waals surface area contributed by atoms with Crippen LogP contribution in [0.5, 0.6) is 11.5 Å². The van der Waals surface area contributed by atoms with E-state index in [0.717, 1.165) is 5.56 Å². The molecule has 2 heterocycles. The highest BCUT2D eigenvalue weighted by molar-refractivity contribution is 6.46. The van der Waals surface area contributed by atoms with Crippen LogP contribution in [-0.4, -0.2) is 55.5 Å². The number of nitrogens with zero attached hydrogens (tertiary/aromatic N) is 2. The number of hydrogen-bond donors (Lipinski definition) is 2. The van der Waals surface area contributed by atoms with Crippen molar-refractivity contribution in [3.05, 3.63) is 53.6 Å². The van der Waals surface area contributed by atoms with E-state index in [1.54, 1.807) is 37.3 Å². The van der Waals surface area contributed by atoms with Crippen molar-refractivity contribution in [2.75, 3.05) is 32.6 Å². The third kappa shape index (κ3) is 4.71. The molecule has 0 unspecified atom stereocenters. The predicted molar refractivity (Wildman–Crippen MR) is 132 cm³/mol. The minimum atomic E-state index is -0.663. The first-order valence-electron chi connectivity index (χ1n) is 11.5. The van der Waals surface area contributed by atoms with Crippen molar-refractivity contribution < 1.29 is 19.1 Å². The van der Waals surface area contributed by atoms with Crippen LogP contribution in [0.25, 0.3) is 0 Å². The van der Waals surface area contributed by atoms with Crippen LogP contribution in [0.2, 0.25) is 0 Å². The van der Waals surface area contributed by atoms with Crippen LogP contribution < -0.4 is 20.1 Å². The molecule has 4 rings (SSSR count). The highest BCUT2D eigenvalue weighted by Gasteiger charge is 2.43. The predicted octanol–water partition coefficient (Wildman–Crippen LogP) is 3.94. The van der Waals surface area contributed by atoms with Gasteiger partial charge >= 0.3 is 6.03 Å². The number of likely N-dealkylation sites (tertiary alicyclic amines) is 1. The maximum Gasteiger partial charge on any atom is 0.321 e. The molecule has 0 aliphatic carbocycles. The molecule has 2 N–H and O–H groups in total. The number of carbonyl (C=O) groups is 2. The maximum atomic E-state index is 12.9. The van der Waals surface area contributed by atoms with Gasteiger partial charge in [0.05, 0.1) is 19.9 Å². The number of methoxy groups -OCH3 is 2. The molecule has 3 amide bonds. The Morgan fingerprint density at radius 1 is 1.06 bits per heavy atom. The van der Waals surface area contributed by atoms with E-state index in [4.69, 9.17) is 14.5 Å². The van der Waals surface area contributed by atoms with Crippen LogP contribution in [-0.2, 0) is 10.2 Å². The third-order valence-electron chi connectivity index (χ3n) is 6.44. The number of ether oxygens (including phenoxy) is 2. The fourth-order valence-corrected chi connectivity index (χ4v) is 4.30. The quantitative estimate of drug-likeness (QED) is 0.717. The average molecular weight is 465 g/mol. The summed E-state index contributed by atoms with van der Waals surface area (Å²) in [6.45, 7) is 7.43. The van der Waals surface area contributed by atoms with Gasteiger partial charge in [0.25, 0.3) is 5.91 Å². The molecule has 0 saturated carbocycles. The molecule has 8 heteroatoms. The Hall–Kier alpha value is -3.55. The zero-order chi connectivity index (χ0) is 24.5. The van der Waals surface area contributed by atoms with Crippen LogP contribution in [0.4, 0.5) is 10.5 Å². The summed E-state index contributed by atoms with van der Waals surface area (Å²) in [7, 11) is 3.12. The van der Waals surface area contributed by atoms with Gasteiger partial charge in [-0.25, -0.2) is 4.79 Å². The van der Waals surface area contributed by atoms with Crippen LogP contribution >= 0.6 is 0 Å². The lowest BCUT2D eigenvalue weighted by atomic mass is 9.86. The van der Waals surface area contributed by atoms with Crippen molar-refractivity contribution in [2.45, 2.75) is 44.7 Å². The smallest absolute Gasteiger partial charge is 0.321 e. The number of nitrogens with one attached hydrogen (secondary N) is 2. The second kappa shape index (κ2) is 9.00. The average Bonchev–Trinajstić information content (AvgIpc) is 3.14. The normalized spacial score (nSPS) is 17.3. The number of benzene rings is 2. The number of aliphatic imine (C=N–C) groups is 1. The summed E-state index contributed by atoms with van der Waals surface area (Å²) in [5, 5.41) is 5.97. The molecule has 0 aromatic heterocycles. The van der Waals surface area contributed by atoms with Gasteiger partial charge in [-0.1, -0.05) is 45.0 Å². The molecular weight excluding hydrogens is 432 g/mol. The fraction of sp³-hybridized carbons (Fsp3) is 0.423. The molecule has 1 fully saturated rings. The zero-order valence-electron chi connectivity index (χ0n) is 20.4. The maximum absolute atomic E-state index is 12.9. The number of amides is 3. The zero-order valence-corrected chi connectivity index (χ0v) is 20.4. The van der Waals surface area contributed by atoms with Crippen LogP contribution in [0, 0.1) is 0 Å². The van der Waals surface area contributed by atoms with Crippen LogP contribution in [0.15, 0.2) is 47.5 Å². The van der Waals surface area contributed by atoms with E-state index in [1.165, 1.54) is 5.56 Å². The van der Waals surface area contributed by atoms with Crippen molar-refractivity contribution in [3.63, 3.8) is 0 Å². The van der Waals surface area contributed by atoms with Gasteiger partial charge in [0.1, 0.15) is 22.9 Å². The van der Waals surface area contributed by atoms with E-state index in [2.05, 4.69) is 43.5 Å². The van der Waals surface area contributed by atoms with Gasteiger partial charge in [-0.3, -0.25) is 9.79 Å². The highest BCUT2D eigenvalue weighted by atomic mass is 16.5. The summed E-state index contributed by atoms with van der Waals surface area (Å²) in [4.78, 5) is 32.2. The Labute approximate surface area is 200 Å². The first kappa shape index (κ1) is 23.6. The Morgan fingerprint density at radius 3 is 2.32 bits per heavy atom. The largest absolute Gasteiger partial charge is 0.497 e. The van der Waals surface area contributed by atoms with E-state index >= 15 is 0 Å². The van der Waals surface area contributed by atoms with Crippen LogP contribution in [0.1, 0.15) is 44.7 Å². The van der Waals surface area contributed by atoms with E-state index in [0.29, 0.717) is 48.8 Å². The molecule has 0 atom stereocenters. The minimum absolute atomic E-state index is 0.0444. The van der Waals surface area contributed by atoms with Gasteiger partial charge in [0.2, 0.25) is 0 Å². The molecule has 180 valence electrons. The third-order valence-corrected chi connectivity index (χ3v) is 6.44. The van der Waals surface area contributed by atoms with E-state index < -0.39 is 5.66 Å². The Balaban J connectivity index is 1.42. The second-order valence-corrected chi connectivity index (χ2v) is 9.76. The lowest BCUT2D eigenvalue weighted by Gasteiger charge is -2.37. The highest BCUT2D eigenvalue weighted by Crippen LogP contribution is 2.32. The van der Waals surface area contributed by atoms with Crippen molar-refractivity contribution >= 4 is 23.3 Å². The van der Waals surface area contributed by atoms with E-state index in [-0.39, 0.29) is 17.4 Å². The summed E-state index contributed by atoms with van der Waals surface area (Å²) >= 11 is 0. The monoisotopic (exact) mass is 464 g/mol. The first-order valence-corrected chi connectivity index (χ1v) is 11.5. The molecule has 2 aromatic carbocycles. The van der Waals surface area contributed by atoms with Gasteiger partial charge in [-0.2, -0.15) is 0 Å². The van der Waals surface area contributed by atoms with Gasteiger partial charge < -0.3 is 25.0 Å². The number of piperidine rings is 1. The lowest BCUT2D eigenvalue weighted by molar-refractivity contribution is -0.115. The second-order valence-electron chi connectivity index (χ2n) is 9.76.